The van der Waals surface area contributed by atoms with E-state index in [2.05, 4.69) is 12.2 Å². The first-order chi connectivity index (χ1) is 8.18. The molecule has 4 atom stereocenters. The number of nitrogens with one attached hydrogen (secondary N) is 1. The monoisotopic (exact) mass is 241 g/mol. The molecular weight excluding hydrogens is 214 g/mol. The molecule has 0 radical (unpaired) electrons. The van der Waals surface area contributed by atoms with Crippen LogP contribution in [-0.4, -0.2) is 35.5 Å². The Kier molecular flexibility index (Phi) is 4.83. The van der Waals surface area contributed by atoms with Crippen molar-refractivity contribution in [2.24, 2.45) is 17.8 Å². The van der Waals surface area contributed by atoms with Gasteiger partial charge in [0.25, 0.3) is 0 Å². The molecule has 0 bridgehead atoms. The van der Waals surface area contributed by atoms with Crippen LogP contribution in [0.25, 0.3) is 0 Å². The van der Waals surface area contributed by atoms with Gasteiger partial charge in [-0.15, -0.1) is 0 Å². The highest BCUT2D eigenvalue weighted by Gasteiger charge is 2.34. The normalized spacial score (nSPS) is 37.9. The molecule has 1 aliphatic carbocycles. The van der Waals surface area contributed by atoms with Crippen molar-refractivity contribution in [2.75, 3.05) is 13.1 Å². The second-order valence-electron chi connectivity index (χ2n) is 6.10. The summed E-state index contributed by atoms with van der Waals surface area (Å²) in [6.45, 7) is 3.63. The van der Waals surface area contributed by atoms with Crippen LogP contribution in [0.4, 0.5) is 0 Å². The molecule has 3 N–H and O–H groups in total. The molecule has 2 fully saturated rings. The summed E-state index contributed by atoms with van der Waals surface area (Å²) >= 11 is 0. The van der Waals surface area contributed by atoms with Crippen LogP contribution in [0.15, 0.2) is 0 Å². The van der Waals surface area contributed by atoms with Crippen molar-refractivity contribution >= 4 is 0 Å². The number of hydrogen-bond donors (Lipinski definition) is 3. The van der Waals surface area contributed by atoms with E-state index in [1.807, 2.05) is 0 Å². The third-order valence-electron chi connectivity index (χ3n) is 4.73. The highest BCUT2D eigenvalue weighted by molar-refractivity contribution is 4.87. The molecule has 17 heavy (non-hydrogen) atoms. The summed E-state index contributed by atoms with van der Waals surface area (Å²) in [5.74, 6) is 1.58. The number of rotatable bonds is 3. The van der Waals surface area contributed by atoms with Crippen molar-refractivity contribution in [1.82, 2.24) is 5.32 Å². The summed E-state index contributed by atoms with van der Waals surface area (Å²) in [6, 6.07) is 0. The van der Waals surface area contributed by atoms with Gasteiger partial charge < -0.3 is 15.5 Å². The molecule has 3 heteroatoms. The van der Waals surface area contributed by atoms with E-state index in [-0.39, 0.29) is 5.92 Å². The SMILES string of the molecule is CC(CC1CCCCC1)[C@H]1CNC[C@@H](O)[C@@H]1O. The molecule has 0 amide bonds. The third-order valence-corrected chi connectivity index (χ3v) is 4.73. The first-order valence-corrected chi connectivity index (χ1v) is 7.25. The van der Waals surface area contributed by atoms with Gasteiger partial charge in [-0.3, -0.25) is 0 Å². The Hall–Kier alpha value is -0.120. The van der Waals surface area contributed by atoms with Crippen LogP contribution < -0.4 is 5.32 Å². The van der Waals surface area contributed by atoms with E-state index in [4.69, 9.17) is 0 Å². The lowest BCUT2D eigenvalue weighted by Gasteiger charge is -2.38. The quantitative estimate of drug-likeness (QED) is 0.702. The van der Waals surface area contributed by atoms with Crippen molar-refractivity contribution in [1.29, 1.82) is 0 Å². The number of aliphatic hydroxyl groups is 2. The molecule has 0 aromatic rings. The van der Waals surface area contributed by atoms with Gasteiger partial charge in [0.15, 0.2) is 0 Å². The van der Waals surface area contributed by atoms with Gasteiger partial charge in [-0.05, 0) is 18.3 Å². The second-order valence-corrected chi connectivity index (χ2v) is 6.10. The van der Waals surface area contributed by atoms with Crippen molar-refractivity contribution in [3.05, 3.63) is 0 Å². The maximum absolute atomic E-state index is 10.0. The molecule has 1 unspecified atom stereocenters. The molecule has 1 saturated carbocycles. The van der Waals surface area contributed by atoms with Gasteiger partial charge in [0.05, 0.1) is 12.2 Å². The molecule has 0 aromatic heterocycles. The van der Waals surface area contributed by atoms with E-state index < -0.39 is 12.2 Å². The Morgan fingerprint density at radius 3 is 2.53 bits per heavy atom. The first kappa shape index (κ1) is 13.3. The lowest BCUT2D eigenvalue weighted by Crippen LogP contribution is -2.52. The van der Waals surface area contributed by atoms with Gasteiger partial charge in [-0.1, -0.05) is 39.0 Å². The smallest absolute Gasteiger partial charge is 0.0926 e. The zero-order chi connectivity index (χ0) is 12.3. The van der Waals surface area contributed by atoms with E-state index in [1.54, 1.807) is 0 Å². The molecule has 3 nitrogen and oxygen atoms in total. The van der Waals surface area contributed by atoms with Crippen LogP contribution >= 0.6 is 0 Å². The average molecular weight is 241 g/mol. The predicted octanol–water partition coefficient (Wildman–Crippen LogP) is 1.53. The second kappa shape index (κ2) is 6.17. The average Bonchev–Trinajstić information content (AvgIpc) is 2.34. The first-order valence-electron chi connectivity index (χ1n) is 7.25. The number of β-amino-alcohol motifs (C(OH)–C–C–N with tert-alkyl or cyclic N) is 1. The fraction of sp³-hybridized carbons (Fsp3) is 1.00. The third kappa shape index (κ3) is 3.43. The number of piperidine rings is 1. The van der Waals surface area contributed by atoms with Crippen LogP contribution in [0.5, 0.6) is 0 Å². The summed E-state index contributed by atoms with van der Waals surface area (Å²) in [6.07, 6.45) is 6.99. The number of aliphatic hydroxyl groups excluding tert-OH is 2. The highest BCUT2D eigenvalue weighted by Crippen LogP contribution is 2.33. The molecule has 1 heterocycles. The minimum Gasteiger partial charge on any atom is -0.390 e. The zero-order valence-corrected chi connectivity index (χ0v) is 10.9. The molecule has 0 spiro atoms. The van der Waals surface area contributed by atoms with E-state index in [9.17, 15) is 10.2 Å². The highest BCUT2D eigenvalue weighted by atomic mass is 16.3. The molecule has 0 aromatic carbocycles. The van der Waals surface area contributed by atoms with Gasteiger partial charge in [-0.25, -0.2) is 0 Å². The minimum absolute atomic E-state index is 0.223. The summed E-state index contributed by atoms with van der Waals surface area (Å²) in [5, 5.41) is 23.0. The maximum atomic E-state index is 10.0. The van der Waals surface area contributed by atoms with Crippen molar-refractivity contribution in [2.45, 2.75) is 57.7 Å². The standard InChI is InChI=1S/C14H27NO2/c1-10(7-11-5-3-2-4-6-11)12-8-15-9-13(16)14(12)17/h10-17H,2-9H2,1H3/t10?,12-,13-,14-/m1/s1. The molecule has 2 rings (SSSR count). The van der Waals surface area contributed by atoms with Gasteiger partial charge >= 0.3 is 0 Å². The zero-order valence-electron chi connectivity index (χ0n) is 10.9. The fourth-order valence-electron chi connectivity index (χ4n) is 3.59. The van der Waals surface area contributed by atoms with Crippen molar-refractivity contribution < 1.29 is 10.2 Å². The lowest BCUT2D eigenvalue weighted by atomic mass is 9.76. The summed E-state index contributed by atoms with van der Waals surface area (Å²) in [5.41, 5.74) is 0. The Morgan fingerprint density at radius 2 is 1.82 bits per heavy atom. The Bertz CT molecular complexity index is 228. The van der Waals surface area contributed by atoms with Gasteiger partial charge in [0.2, 0.25) is 0 Å². The summed E-state index contributed by atoms with van der Waals surface area (Å²) in [4.78, 5) is 0. The number of hydrogen-bond acceptors (Lipinski definition) is 3. The van der Waals surface area contributed by atoms with Crippen LogP contribution in [0.2, 0.25) is 0 Å². The Morgan fingerprint density at radius 1 is 1.12 bits per heavy atom. The predicted molar refractivity (Wildman–Crippen MR) is 68.7 cm³/mol. The van der Waals surface area contributed by atoms with E-state index in [0.29, 0.717) is 12.5 Å². The summed E-state index contributed by atoms with van der Waals surface area (Å²) in [7, 11) is 0. The van der Waals surface area contributed by atoms with Crippen LogP contribution in [0.1, 0.15) is 45.4 Å². The molecule has 2 aliphatic rings. The van der Waals surface area contributed by atoms with E-state index in [1.165, 1.54) is 38.5 Å². The Labute approximate surface area is 105 Å². The van der Waals surface area contributed by atoms with Crippen LogP contribution in [0.3, 0.4) is 0 Å². The molecule has 1 aliphatic heterocycles. The van der Waals surface area contributed by atoms with Crippen molar-refractivity contribution in [3.63, 3.8) is 0 Å². The van der Waals surface area contributed by atoms with Gasteiger partial charge in [0.1, 0.15) is 0 Å². The van der Waals surface area contributed by atoms with E-state index in [0.717, 1.165) is 12.5 Å². The van der Waals surface area contributed by atoms with Gasteiger partial charge in [0, 0.05) is 19.0 Å². The summed E-state index contributed by atoms with van der Waals surface area (Å²) < 4.78 is 0. The molecule has 100 valence electrons. The lowest BCUT2D eigenvalue weighted by molar-refractivity contribution is -0.0530. The Balaban J connectivity index is 1.83. The van der Waals surface area contributed by atoms with Crippen LogP contribution in [0, 0.1) is 17.8 Å². The van der Waals surface area contributed by atoms with Crippen LogP contribution in [-0.2, 0) is 0 Å². The largest absolute Gasteiger partial charge is 0.390 e. The van der Waals surface area contributed by atoms with Gasteiger partial charge in [-0.2, -0.15) is 0 Å². The maximum Gasteiger partial charge on any atom is 0.0926 e. The minimum atomic E-state index is -0.581. The van der Waals surface area contributed by atoms with Crippen molar-refractivity contribution in [3.8, 4) is 0 Å². The topological polar surface area (TPSA) is 52.5 Å². The fourth-order valence-corrected chi connectivity index (χ4v) is 3.59. The van der Waals surface area contributed by atoms with E-state index >= 15 is 0 Å². The molecular formula is C14H27NO2. The molecule has 1 saturated heterocycles.